The molecule has 0 bridgehead atoms. The minimum absolute atomic E-state index is 0.414. The molecule has 1 aliphatic heterocycles. The summed E-state index contributed by atoms with van der Waals surface area (Å²) in [6.45, 7) is 2.03. The number of hydrogen-bond donors (Lipinski definition) is 2. The van der Waals surface area contributed by atoms with E-state index >= 15 is 0 Å². The third kappa shape index (κ3) is 3.80. The normalized spacial score (nSPS) is 17.5. The molecule has 156 valence electrons. The highest BCUT2D eigenvalue weighted by atomic mass is 16.1. The number of nitrogens with zero attached hydrogens (tertiary/aromatic N) is 4. The lowest BCUT2D eigenvalue weighted by Crippen LogP contribution is -2.28. The Morgan fingerprint density at radius 2 is 2.10 bits per heavy atom. The number of aromatic nitrogens is 4. The number of pyridine rings is 3. The van der Waals surface area contributed by atoms with Crippen molar-refractivity contribution in [3.63, 3.8) is 0 Å². The van der Waals surface area contributed by atoms with Crippen LogP contribution in [0, 0.1) is 0 Å². The van der Waals surface area contributed by atoms with Gasteiger partial charge in [-0.3, -0.25) is 14.8 Å². The molecule has 0 aliphatic carbocycles. The number of nitrogens with two attached hydrogens (primary N) is 1. The van der Waals surface area contributed by atoms with Gasteiger partial charge < -0.3 is 11.1 Å². The van der Waals surface area contributed by atoms with Crippen LogP contribution < -0.4 is 11.1 Å². The van der Waals surface area contributed by atoms with Crippen LogP contribution in [-0.4, -0.2) is 38.6 Å². The van der Waals surface area contributed by atoms with Crippen molar-refractivity contribution in [2.45, 2.75) is 24.7 Å². The lowest BCUT2D eigenvalue weighted by molar-refractivity contribution is -0.118. The molecule has 7 nitrogen and oxygen atoms in total. The number of rotatable bonds is 5. The van der Waals surface area contributed by atoms with E-state index in [4.69, 9.17) is 10.7 Å². The summed E-state index contributed by atoms with van der Waals surface area (Å²) in [5, 5.41) is 7.95. The van der Waals surface area contributed by atoms with Gasteiger partial charge in [-0.25, -0.2) is 4.52 Å². The van der Waals surface area contributed by atoms with Gasteiger partial charge in [0.2, 0.25) is 5.91 Å². The molecule has 2 unspecified atom stereocenters. The lowest BCUT2D eigenvalue weighted by Gasteiger charge is -2.22. The minimum Gasteiger partial charge on any atom is -0.369 e. The maximum absolute atomic E-state index is 12.3. The zero-order chi connectivity index (χ0) is 21.2. The Labute approximate surface area is 180 Å². The fourth-order valence-corrected chi connectivity index (χ4v) is 4.37. The third-order valence-corrected chi connectivity index (χ3v) is 5.94. The van der Waals surface area contributed by atoms with Crippen LogP contribution in [0.5, 0.6) is 0 Å². The van der Waals surface area contributed by atoms with Crippen LogP contribution in [0.1, 0.15) is 41.5 Å². The Hall–Kier alpha value is -3.58. The molecule has 7 heteroatoms. The summed E-state index contributed by atoms with van der Waals surface area (Å²) in [7, 11) is 0. The Morgan fingerprint density at radius 1 is 1.16 bits per heavy atom. The summed E-state index contributed by atoms with van der Waals surface area (Å²) >= 11 is 0. The van der Waals surface area contributed by atoms with E-state index in [0.29, 0.717) is 5.92 Å². The first-order valence-electron chi connectivity index (χ1n) is 10.6. The fraction of sp³-hybridized carbons (Fsp3) is 0.250. The van der Waals surface area contributed by atoms with Crippen LogP contribution in [-0.2, 0) is 4.79 Å². The van der Waals surface area contributed by atoms with Gasteiger partial charge in [-0.15, -0.1) is 0 Å². The molecule has 1 amide bonds. The van der Waals surface area contributed by atoms with E-state index in [-0.39, 0.29) is 0 Å². The van der Waals surface area contributed by atoms with Gasteiger partial charge in [0.15, 0.2) is 0 Å². The van der Waals surface area contributed by atoms with Gasteiger partial charge in [-0.2, -0.15) is 5.10 Å². The second kappa shape index (κ2) is 8.28. The second-order valence-electron chi connectivity index (χ2n) is 7.96. The van der Waals surface area contributed by atoms with Gasteiger partial charge in [-0.1, -0.05) is 12.1 Å². The third-order valence-electron chi connectivity index (χ3n) is 5.94. The predicted molar refractivity (Wildman–Crippen MR) is 119 cm³/mol. The Morgan fingerprint density at radius 3 is 2.87 bits per heavy atom. The molecule has 31 heavy (non-hydrogen) atoms. The van der Waals surface area contributed by atoms with Crippen molar-refractivity contribution in [3.05, 3.63) is 84.1 Å². The Kier molecular flexibility index (Phi) is 5.18. The van der Waals surface area contributed by atoms with Crippen LogP contribution in [0.3, 0.4) is 0 Å². The van der Waals surface area contributed by atoms with Crippen molar-refractivity contribution in [1.29, 1.82) is 0 Å². The first-order valence-corrected chi connectivity index (χ1v) is 10.6. The van der Waals surface area contributed by atoms with E-state index in [9.17, 15) is 4.79 Å². The highest BCUT2D eigenvalue weighted by Crippen LogP contribution is 2.30. The molecule has 2 atom stereocenters. The number of hydrogen-bond acceptors (Lipinski definition) is 5. The minimum atomic E-state index is -0.575. The molecule has 4 aromatic rings. The van der Waals surface area contributed by atoms with Crippen LogP contribution >= 0.6 is 0 Å². The summed E-state index contributed by atoms with van der Waals surface area (Å²) in [6.07, 6.45) is 9.36. The fourth-order valence-electron chi connectivity index (χ4n) is 4.37. The average molecular weight is 412 g/mol. The van der Waals surface area contributed by atoms with E-state index in [2.05, 4.69) is 27.5 Å². The molecule has 0 radical (unpaired) electrons. The largest absolute Gasteiger partial charge is 0.369 e. The number of carbonyl (C=O) groups is 1. The zero-order valence-corrected chi connectivity index (χ0v) is 17.1. The maximum atomic E-state index is 12.3. The van der Waals surface area contributed by atoms with Gasteiger partial charge in [0.1, 0.15) is 0 Å². The number of amides is 1. The Bertz CT molecular complexity index is 1210. The van der Waals surface area contributed by atoms with E-state index in [1.165, 1.54) is 6.42 Å². The summed E-state index contributed by atoms with van der Waals surface area (Å²) in [4.78, 5) is 21.4. The van der Waals surface area contributed by atoms with Gasteiger partial charge in [0, 0.05) is 42.3 Å². The van der Waals surface area contributed by atoms with E-state index in [1.54, 1.807) is 16.9 Å². The quantitative estimate of drug-likeness (QED) is 0.525. The van der Waals surface area contributed by atoms with Crippen LogP contribution in [0.4, 0.5) is 0 Å². The van der Waals surface area contributed by atoms with Crippen molar-refractivity contribution in [2.75, 3.05) is 13.1 Å². The molecule has 1 saturated heterocycles. The Balaban J connectivity index is 1.56. The molecule has 5 heterocycles. The standard InChI is InChI=1S/C24H24N6O/c25-24(31)23(18-5-3-10-27-14-18)16-8-11-30-22(12-16)19(15-28-30)21-7-1-6-20(29-21)17-4-2-9-26-13-17/h1,3,5-8,10-12,14-15,17,23,26H,2,4,9,13H2,(H2,25,31). The summed E-state index contributed by atoms with van der Waals surface area (Å²) < 4.78 is 1.80. The van der Waals surface area contributed by atoms with Crippen molar-refractivity contribution >= 4 is 11.4 Å². The molecule has 0 saturated carbocycles. The predicted octanol–water partition coefficient (Wildman–Crippen LogP) is 2.88. The molecule has 1 fully saturated rings. The maximum Gasteiger partial charge on any atom is 0.229 e. The molecule has 4 aromatic heterocycles. The average Bonchev–Trinajstić information content (AvgIpc) is 3.24. The molecular formula is C24H24N6O. The molecule has 3 N–H and O–H groups in total. The zero-order valence-electron chi connectivity index (χ0n) is 17.1. The summed E-state index contributed by atoms with van der Waals surface area (Å²) in [6, 6.07) is 13.7. The van der Waals surface area contributed by atoms with Gasteiger partial charge in [-0.05, 0) is 60.8 Å². The monoisotopic (exact) mass is 412 g/mol. The second-order valence-corrected chi connectivity index (χ2v) is 7.96. The van der Waals surface area contributed by atoms with Crippen LogP contribution in [0.2, 0.25) is 0 Å². The molecule has 5 rings (SSSR count). The van der Waals surface area contributed by atoms with Crippen molar-refractivity contribution in [2.24, 2.45) is 5.73 Å². The first-order chi connectivity index (χ1) is 15.2. The van der Waals surface area contributed by atoms with Gasteiger partial charge in [0.25, 0.3) is 0 Å². The molecular weight excluding hydrogens is 388 g/mol. The van der Waals surface area contributed by atoms with Crippen LogP contribution in [0.25, 0.3) is 16.8 Å². The van der Waals surface area contributed by atoms with E-state index < -0.39 is 11.8 Å². The molecule has 0 aromatic carbocycles. The van der Waals surface area contributed by atoms with Crippen molar-refractivity contribution < 1.29 is 4.79 Å². The molecule has 1 aliphatic rings. The van der Waals surface area contributed by atoms with Gasteiger partial charge >= 0.3 is 0 Å². The SMILES string of the molecule is NC(=O)C(c1cccnc1)c1ccn2ncc(-c3cccc(C4CCCNC4)n3)c2c1. The summed E-state index contributed by atoms with van der Waals surface area (Å²) in [5.74, 6) is -0.562. The highest BCUT2D eigenvalue weighted by Gasteiger charge is 2.22. The number of piperidine rings is 1. The number of fused-ring (bicyclic) bond motifs is 1. The smallest absolute Gasteiger partial charge is 0.229 e. The topological polar surface area (TPSA) is 98.2 Å². The lowest BCUT2D eigenvalue weighted by atomic mass is 9.92. The number of primary amides is 1. The molecule has 0 spiro atoms. The van der Waals surface area contributed by atoms with E-state index in [0.717, 1.165) is 53.1 Å². The van der Waals surface area contributed by atoms with E-state index in [1.807, 2.05) is 42.7 Å². The number of nitrogens with one attached hydrogen (secondary N) is 1. The summed E-state index contributed by atoms with van der Waals surface area (Å²) in [5.41, 5.74) is 11.1. The van der Waals surface area contributed by atoms with Gasteiger partial charge in [0.05, 0.1) is 23.3 Å². The number of carbonyl (C=O) groups excluding carboxylic acids is 1. The highest BCUT2D eigenvalue weighted by molar-refractivity contribution is 5.87. The van der Waals surface area contributed by atoms with Crippen molar-refractivity contribution in [3.8, 4) is 11.3 Å². The van der Waals surface area contributed by atoms with Crippen molar-refractivity contribution in [1.82, 2.24) is 24.9 Å². The van der Waals surface area contributed by atoms with Crippen LogP contribution in [0.15, 0.2) is 67.3 Å². The first kappa shape index (κ1) is 19.4.